The van der Waals surface area contributed by atoms with Crippen LogP contribution in [0.2, 0.25) is 0 Å². The van der Waals surface area contributed by atoms with E-state index in [1.165, 1.54) is 10.4 Å². The number of aryl methyl sites for hydroxylation is 1. The van der Waals surface area contributed by atoms with Crippen molar-refractivity contribution in [2.24, 2.45) is 5.73 Å². The summed E-state index contributed by atoms with van der Waals surface area (Å²) in [6.45, 7) is 2.03. The highest BCUT2D eigenvalue weighted by atomic mass is 32.1. The van der Waals surface area contributed by atoms with Crippen LogP contribution in [0.5, 0.6) is 0 Å². The number of hydrogen-bond acceptors (Lipinski definition) is 3. The third-order valence-electron chi connectivity index (χ3n) is 2.14. The molecule has 0 aliphatic heterocycles. The molecule has 1 rings (SSSR count). The van der Waals surface area contributed by atoms with Gasteiger partial charge in [-0.05, 0) is 36.8 Å². The van der Waals surface area contributed by atoms with Crippen LogP contribution in [0.1, 0.15) is 35.7 Å². The number of thiophene rings is 1. The van der Waals surface area contributed by atoms with E-state index in [4.69, 9.17) is 10.8 Å². The first-order valence-corrected chi connectivity index (χ1v) is 5.50. The van der Waals surface area contributed by atoms with Crippen molar-refractivity contribution in [1.29, 1.82) is 0 Å². The van der Waals surface area contributed by atoms with E-state index in [-0.39, 0.29) is 12.5 Å². The summed E-state index contributed by atoms with van der Waals surface area (Å²) in [6, 6.07) is 2.03. The number of carboxylic acid groups (broad SMARTS) is 1. The van der Waals surface area contributed by atoms with Crippen LogP contribution in [0.3, 0.4) is 0 Å². The molecule has 0 bridgehead atoms. The summed E-state index contributed by atoms with van der Waals surface area (Å²) in [7, 11) is 0. The van der Waals surface area contributed by atoms with E-state index in [9.17, 15) is 4.79 Å². The fourth-order valence-corrected chi connectivity index (χ4v) is 2.33. The maximum Gasteiger partial charge on any atom is 0.303 e. The molecule has 1 heterocycles. The van der Waals surface area contributed by atoms with Crippen molar-refractivity contribution in [3.63, 3.8) is 0 Å². The summed E-state index contributed by atoms with van der Waals surface area (Å²) in [6.07, 6.45) is 1.60. The minimum atomic E-state index is -0.750. The third kappa shape index (κ3) is 3.12. The minimum absolute atomic E-state index is 0.00523. The van der Waals surface area contributed by atoms with Crippen LogP contribution in [-0.4, -0.2) is 11.1 Å². The number of carbonyl (C=O) groups is 1. The highest BCUT2D eigenvalue weighted by molar-refractivity contribution is 7.10. The van der Waals surface area contributed by atoms with Gasteiger partial charge >= 0.3 is 5.97 Å². The van der Waals surface area contributed by atoms with Crippen molar-refractivity contribution in [2.75, 3.05) is 0 Å². The van der Waals surface area contributed by atoms with Crippen molar-refractivity contribution >= 4 is 17.3 Å². The van der Waals surface area contributed by atoms with Gasteiger partial charge < -0.3 is 10.8 Å². The molecule has 0 saturated carbocycles. The zero-order valence-corrected chi connectivity index (χ0v) is 9.01. The van der Waals surface area contributed by atoms with Gasteiger partial charge in [-0.2, -0.15) is 0 Å². The van der Waals surface area contributed by atoms with Crippen molar-refractivity contribution in [1.82, 2.24) is 0 Å². The molecule has 0 aliphatic carbocycles. The largest absolute Gasteiger partial charge is 0.481 e. The zero-order valence-electron chi connectivity index (χ0n) is 8.19. The van der Waals surface area contributed by atoms with E-state index < -0.39 is 5.97 Å². The normalized spacial score (nSPS) is 12.7. The van der Waals surface area contributed by atoms with Crippen molar-refractivity contribution in [2.45, 2.75) is 32.2 Å². The molecule has 3 nitrogen and oxygen atoms in total. The van der Waals surface area contributed by atoms with Gasteiger partial charge in [0, 0.05) is 17.3 Å². The van der Waals surface area contributed by atoms with Gasteiger partial charge in [0.1, 0.15) is 0 Å². The molecule has 1 unspecified atom stereocenters. The Morgan fingerprint density at radius 3 is 2.93 bits per heavy atom. The van der Waals surface area contributed by atoms with Crippen molar-refractivity contribution in [3.05, 3.63) is 21.9 Å². The van der Waals surface area contributed by atoms with E-state index in [0.29, 0.717) is 6.42 Å². The summed E-state index contributed by atoms with van der Waals surface area (Å²) < 4.78 is 0. The van der Waals surface area contributed by atoms with E-state index in [1.54, 1.807) is 11.3 Å². The maximum atomic E-state index is 10.3. The summed E-state index contributed by atoms with van der Waals surface area (Å²) >= 11 is 1.64. The van der Waals surface area contributed by atoms with Gasteiger partial charge in [-0.3, -0.25) is 4.79 Å². The van der Waals surface area contributed by atoms with Gasteiger partial charge in [-0.1, -0.05) is 0 Å². The molecule has 0 fully saturated rings. The van der Waals surface area contributed by atoms with E-state index in [2.05, 4.69) is 0 Å². The predicted octanol–water partition coefficient (Wildman–Crippen LogP) is 2.31. The van der Waals surface area contributed by atoms with Crippen LogP contribution in [0, 0.1) is 6.92 Å². The molecular formula is C10H15NO2S. The predicted molar refractivity (Wildman–Crippen MR) is 57.5 cm³/mol. The number of carboxylic acids is 1. The Morgan fingerprint density at radius 1 is 1.71 bits per heavy atom. The van der Waals surface area contributed by atoms with Crippen LogP contribution in [0.15, 0.2) is 11.4 Å². The Kier molecular flexibility index (Phi) is 4.10. The second kappa shape index (κ2) is 5.12. The zero-order chi connectivity index (χ0) is 10.6. The molecular weight excluding hydrogens is 198 g/mol. The van der Waals surface area contributed by atoms with Gasteiger partial charge in [0.05, 0.1) is 0 Å². The van der Waals surface area contributed by atoms with E-state index in [0.717, 1.165) is 6.42 Å². The molecule has 0 amide bonds. The Morgan fingerprint density at radius 2 is 2.43 bits per heavy atom. The fourth-order valence-electron chi connectivity index (χ4n) is 1.37. The Hall–Kier alpha value is -0.870. The smallest absolute Gasteiger partial charge is 0.303 e. The Balaban J connectivity index is 2.39. The summed E-state index contributed by atoms with van der Waals surface area (Å²) in [5.41, 5.74) is 7.15. The lowest BCUT2D eigenvalue weighted by atomic mass is 10.1. The van der Waals surface area contributed by atoms with Gasteiger partial charge in [-0.25, -0.2) is 0 Å². The number of rotatable bonds is 5. The lowest BCUT2D eigenvalue weighted by Crippen LogP contribution is -2.10. The molecule has 0 saturated heterocycles. The van der Waals surface area contributed by atoms with Crippen LogP contribution >= 0.6 is 11.3 Å². The molecule has 4 heteroatoms. The quantitative estimate of drug-likeness (QED) is 0.789. The average Bonchev–Trinajstić information content (AvgIpc) is 2.50. The highest BCUT2D eigenvalue weighted by Crippen LogP contribution is 2.25. The summed E-state index contributed by atoms with van der Waals surface area (Å²) in [5, 5.41) is 10.5. The van der Waals surface area contributed by atoms with Crippen LogP contribution in [-0.2, 0) is 4.79 Å². The first-order valence-electron chi connectivity index (χ1n) is 4.62. The SMILES string of the molecule is Cc1ccsc1C(N)CCCC(=O)O. The van der Waals surface area contributed by atoms with Gasteiger partial charge in [0.2, 0.25) is 0 Å². The summed E-state index contributed by atoms with van der Waals surface area (Å²) in [4.78, 5) is 11.5. The highest BCUT2D eigenvalue weighted by Gasteiger charge is 2.10. The lowest BCUT2D eigenvalue weighted by molar-refractivity contribution is -0.137. The topological polar surface area (TPSA) is 63.3 Å². The average molecular weight is 213 g/mol. The molecule has 1 aromatic rings. The molecule has 0 aromatic carbocycles. The van der Waals surface area contributed by atoms with Gasteiger partial charge in [0.25, 0.3) is 0 Å². The monoisotopic (exact) mass is 213 g/mol. The molecule has 0 aliphatic rings. The molecule has 3 N–H and O–H groups in total. The molecule has 1 atom stereocenters. The molecule has 0 spiro atoms. The van der Waals surface area contributed by atoms with E-state index in [1.807, 2.05) is 18.4 Å². The maximum absolute atomic E-state index is 10.3. The van der Waals surface area contributed by atoms with Gasteiger partial charge in [0.15, 0.2) is 0 Å². The molecule has 0 radical (unpaired) electrons. The van der Waals surface area contributed by atoms with E-state index >= 15 is 0 Å². The van der Waals surface area contributed by atoms with Crippen molar-refractivity contribution in [3.8, 4) is 0 Å². The standard InChI is InChI=1S/C10H15NO2S/c1-7-5-6-14-10(7)8(11)3-2-4-9(12)13/h5-6,8H,2-4,11H2,1H3,(H,12,13). The number of nitrogens with two attached hydrogens (primary N) is 1. The Labute approximate surface area is 87.6 Å². The number of hydrogen-bond donors (Lipinski definition) is 2. The van der Waals surface area contributed by atoms with Crippen LogP contribution in [0.25, 0.3) is 0 Å². The second-order valence-electron chi connectivity index (χ2n) is 3.36. The summed E-state index contributed by atoms with van der Waals surface area (Å²) in [5.74, 6) is -0.750. The Bertz CT molecular complexity index is 309. The lowest BCUT2D eigenvalue weighted by Gasteiger charge is -2.09. The first kappa shape index (κ1) is 11.2. The van der Waals surface area contributed by atoms with Crippen molar-refractivity contribution < 1.29 is 9.90 Å². The molecule has 78 valence electrons. The third-order valence-corrected chi connectivity index (χ3v) is 3.30. The second-order valence-corrected chi connectivity index (χ2v) is 4.31. The number of aliphatic carboxylic acids is 1. The minimum Gasteiger partial charge on any atom is -0.481 e. The first-order chi connectivity index (χ1) is 6.61. The van der Waals surface area contributed by atoms with Crippen LogP contribution in [0.4, 0.5) is 0 Å². The van der Waals surface area contributed by atoms with Gasteiger partial charge in [-0.15, -0.1) is 11.3 Å². The molecule has 1 aromatic heterocycles. The fraction of sp³-hybridized carbons (Fsp3) is 0.500. The van der Waals surface area contributed by atoms with Crippen LogP contribution < -0.4 is 5.73 Å². The molecule has 14 heavy (non-hydrogen) atoms.